The number of aliphatic carboxylic acids is 1. The van der Waals surface area contributed by atoms with Crippen molar-refractivity contribution in [3.63, 3.8) is 0 Å². The summed E-state index contributed by atoms with van der Waals surface area (Å²) in [6.45, 7) is 0.0434. The molecule has 1 saturated heterocycles. The number of nitrogens with zero attached hydrogens (tertiary/aromatic N) is 1. The number of benzene rings is 1. The minimum absolute atomic E-state index is 0.0434. The van der Waals surface area contributed by atoms with Gasteiger partial charge in [-0.2, -0.15) is 0 Å². The SMILES string of the molecule is O=C(O)CCN1C(=O)/C(=C/c2ccc(-c3cc(Cl)cc(Cl)c3)o2)SC1=S. The van der Waals surface area contributed by atoms with Crippen LogP contribution in [0, 0.1) is 0 Å². The zero-order valence-corrected chi connectivity index (χ0v) is 16.2. The molecule has 0 atom stereocenters. The van der Waals surface area contributed by atoms with Crippen LogP contribution in [-0.4, -0.2) is 32.7 Å². The zero-order valence-electron chi connectivity index (χ0n) is 13.1. The van der Waals surface area contributed by atoms with E-state index in [2.05, 4.69) is 0 Å². The fourth-order valence-electron chi connectivity index (χ4n) is 2.31. The highest BCUT2D eigenvalue weighted by Gasteiger charge is 2.32. The Morgan fingerprint density at radius 1 is 1.27 bits per heavy atom. The number of thiocarbonyl (C=S) groups is 1. The third-order valence-electron chi connectivity index (χ3n) is 3.47. The summed E-state index contributed by atoms with van der Waals surface area (Å²) < 4.78 is 6.07. The van der Waals surface area contributed by atoms with E-state index < -0.39 is 5.97 Å². The number of thioether (sulfide) groups is 1. The molecule has 1 aliphatic rings. The first-order valence-corrected chi connectivity index (χ1v) is 9.35. The van der Waals surface area contributed by atoms with Crippen molar-refractivity contribution in [1.82, 2.24) is 4.90 Å². The van der Waals surface area contributed by atoms with Gasteiger partial charge in [-0.05, 0) is 30.3 Å². The van der Waals surface area contributed by atoms with Crippen molar-refractivity contribution in [2.75, 3.05) is 6.54 Å². The largest absolute Gasteiger partial charge is 0.481 e. The van der Waals surface area contributed by atoms with E-state index in [1.165, 1.54) is 4.90 Å². The molecule has 26 heavy (non-hydrogen) atoms. The average molecular weight is 428 g/mol. The Morgan fingerprint density at radius 3 is 2.62 bits per heavy atom. The van der Waals surface area contributed by atoms with E-state index in [4.69, 9.17) is 44.9 Å². The second kappa shape index (κ2) is 7.84. The molecule has 9 heteroatoms. The third kappa shape index (κ3) is 4.29. The minimum Gasteiger partial charge on any atom is -0.481 e. The molecule has 0 bridgehead atoms. The molecule has 5 nitrogen and oxygen atoms in total. The number of carbonyl (C=O) groups is 2. The van der Waals surface area contributed by atoms with Crippen molar-refractivity contribution in [2.24, 2.45) is 0 Å². The molecule has 1 aliphatic heterocycles. The predicted octanol–water partition coefficient (Wildman–Crippen LogP) is 4.93. The van der Waals surface area contributed by atoms with Crippen molar-refractivity contribution >= 4 is 69.5 Å². The van der Waals surface area contributed by atoms with Gasteiger partial charge in [0.05, 0.1) is 11.3 Å². The molecule has 0 aliphatic carbocycles. The topological polar surface area (TPSA) is 70.8 Å². The molecule has 0 radical (unpaired) electrons. The van der Waals surface area contributed by atoms with Crippen molar-refractivity contribution in [1.29, 1.82) is 0 Å². The van der Waals surface area contributed by atoms with Crippen LogP contribution < -0.4 is 0 Å². The van der Waals surface area contributed by atoms with Gasteiger partial charge in [0, 0.05) is 28.2 Å². The lowest BCUT2D eigenvalue weighted by Crippen LogP contribution is -2.30. The summed E-state index contributed by atoms with van der Waals surface area (Å²) in [7, 11) is 0. The number of halogens is 2. The Labute approximate surface area is 168 Å². The lowest BCUT2D eigenvalue weighted by Gasteiger charge is -2.12. The van der Waals surface area contributed by atoms with Gasteiger partial charge >= 0.3 is 5.97 Å². The second-order valence-electron chi connectivity index (χ2n) is 5.34. The smallest absolute Gasteiger partial charge is 0.305 e. The number of carboxylic acid groups (broad SMARTS) is 1. The molecule has 1 fully saturated rings. The van der Waals surface area contributed by atoms with Crippen LogP contribution in [0.3, 0.4) is 0 Å². The van der Waals surface area contributed by atoms with E-state index in [-0.39, 0.29) is 18.9 Å². The van der Waals surface area contributed by atoms with E-state index in [0.29, 0.717) is 30.8 Å². The number of furan rings is 1. The molecule has 0 saturated carbocycles. The molecular weight excluding hydrogens is 417 g/mol. The molecule has 1 aromatic carbocycles. The van der Waals surface area contributed by atoms with Crippen LogP contribution in [0.15, 0.2) is 39.7 Å². The van der Waals surface area contributed by atoms with Crippen LogP contribution in [-0.2, 0) is 9.59 Å². The van der Waals surface area contributed by atoms with Crippen LogP contribution in [0.4, 0.5) is 0 Å². The van der Waals surface area contributed by atoms with Gasteiger partial charge in [0.2, 0.25) is 0 Å². The standard InChI is InChI=1S/C17H11Cl2NO4S2/c18-10-5-9(6-11(19)7-10)13-2-1-12(24-13)8-14-16(23)20(17(25)26-14)4-3-15(21)22/h1-2,5-8H,3-4H2,(H,21,22)/b14-8-. The average Bonchev–Trinajstić information content (AvgIpc) is 3.11. The van der Waals surface area contributed by atoms with Gasteiger partial charge in [-0.3, -0.25) is 14.5 Å². The maximum Gasteiger partial charge on any atom is 0.305 e. The zero-order chi connectivity index (χ0) is 18.8. The molecule has 0 spiro atoms. The van der Waals surface area contributed by atoms with Crippen LogP contribution in [0.1, 0.15) is 12.2 Å². The van der Waals surface area contributed by atoms with E-state index in [1.807, 2.05) is 0 Å². The number of rotatable bonds is 5. The quantitative estimate of drug-likeness (QED) is 0.538. The Bertz CT molecular complexity index is 918. The van der Waals surface area contributed by atoms with Crippen molar-refractivity contribution < 1.29 is 19.1 Å². The van der Waals surface area contributed by atoms with Gasteiger partial charge in [0.25, 0.3) is 5.91 Å². The number of carboxylic acids is 1. The molecule has 0 unspecified atom stereocenters. The highest BCUT2D eigenvalue weighted by molar-refractivity contribution is 8.26. The maximum absolute atomic E-state index is 12.4. The van der Waals surface area contributed by atoms with Gasteiger partial charge < -0.3 is 9.52 Å². The summed E-state index contributed by atoms with van der Waals surface area (Å²) in [5.41, 5.74) is 0.719. The highest BCUT2D eigenvalue weighted by Crippen LogP contribution is 2.34. The number of carbonyl (C=O) groups excluding carboxylic acids is 1. The van der Waals surface area contributed by atoms with Crippen LogP contribution in [0.25, 0.3) is 17.4 Å². The summed E-state index contributed by atoms with van der Waals surface area (Å²) in [6, 6.07) is 8.54. The van der Waals surface area contributed by atoms with Crippen molar-refractivity contribution in [3.05, 3.63) is 51.0 Å². The molecule has 2 heterocycles. The summed E-state index contributed by atoms with van der Waals surface area (Å²) in [6.07, 6.45) is 1.41. The Morgan fingerprint density at radius 2 is 1.96 bits per heavy atom. The number of amides is 1. The minimum atomic E-state index is -0.987. The number of hydrogen-bond acceptors (Lipinski definition) is 5. The fourth-order valence-corrected chi connectivity index (χ4v) is 4.13. The summed E-state index contributed by atoms with van der Waals surface area (Å²) in [4.78, 5) is 24.7. The Kier molecular flexibility index (Phi) is 5.72. The molecule has 2 aromatic rings. The van der Waals surface area contributed by atoms with Crippen molar-refractivity contribution in [2.45, 2.75) is 6.42 Å². The van der Waals surface area contributed by atoms with Gasteiger partial charge in [-0.15, -0.1) is 0 Å². The first-order valence-electron chi connectivity index (χ1n) is 7.37. The first-order chi connectivity index (χ1) is 12.3. The summed E-state index contributed by atoms with van der Waals surface area (Å²) in [5, 5.41) is 9.74. The number of hydrogen-bond donors (Lipinski definition) is 1. The Balaban J connectivity index is 1.81. The molecule has 1 N–H and O–H groups in total. The summed E-state index contributed by atoms with van der Waals surface area (Å²) >= 11 is 18.3. The first kappa shape index (κ1) is 19.0. The van der Waals surface area contributed by atoms with E-state index in [9.17, 15) is 9.59 Å². The van der Waals surface area contributed by atoms with Crippen LogP contribution >= 0.6 is 47.2 Å². The predicted molar refractivity (Wildman–Crippen MR) is 106 cm³/mol. The maximum atomic E-state index is 12.4. The lowest BCUT2D eigenvalue weighted by molar-refractivity contribution is -0.137. The summed E-state index contributed by atoms with van der Waals surface area (Å²) in [5.74, 6) is -0.291. The van der Waals surface area contributed by atoms with Gasteiger partial charge in [0.1, 0.15) is 15.8 Å². The molecule has 1 aromatic heterocycles. The van der Waals surface area contributed by atoms with Crippen LogP contribution in [0.5, 0.6) is 0 Å². The fraction of sp³-hybridized carbons (Fsp3) is 0.118. The van der Waals surface area contributed by atoms with E-state index in [1.54, 1.807) is 36.4 Å². The molecule has 1 amide bonds. The molecular formula is C17H11Cl2NO4S2. The lowest BCUT2D eigenvalue weighted by atomic mass is 10.2. The third-order valence-corrected chi connectivity index (χ3v) is 5.28. The van der Waals surface area contributed by atoms with Gasteiger partial charge in [0.15, 0.2) is 0 Å². The molecule has 3 rings (SSSR count). The van der Waals surface area contributed by atoms with Gasteiger partial charge in [-0.25, -0.2) is 0 Å². The normalized spacial score (nSPS) is 15.9. The van der Waals surface area contributed by atoms with Gasteiger partial charge in [-0.1, -0.05) is 47.2 Å². The monoisotopic (exact) mass is 427 g/mol. The van der Waals surface area contributed by atoms with E-state index in [0.717, 1.165) is 17.3 Å². The highest BCUT2D eigenvalue weighted by atomic mass is 35.5. The van der Waals surface area contributed by atoms with Crippen LogP contribution in [0.2, 0.25) is 10.0 Å². The second-order valence-corrected chi connectivity index (χ2v) is 7.89. The molecule has 134 valence electrons. The van der Waals surface area contributed by atoms with Crippen molar-refractivity contribution in [3.8, 4) is 11.3 Å². The Hall–Kier alpha value is -1.80. The van der Waals surface area contributed by atoms with E-state index >= 15 is 0 Å².